The van der Waals surface area contributed by atoms with Gasteiger partial charge in [0.05, 0.1) is 54.3 Å². The number of esters is 1. The van der Waals surface area contributed by atoms with Crippen LogP contribution in [0.5, 0.6) is 5.75 Å². The van der Waals surface area contributed by atoms with Crippen LogP contribution in [0.25, 0.3) is 0 Å². The molecule has 0 radical (unpaired) electrons. The van der Waals surface area contributed by atoms with Crippen molar-refractivity contribution < 1.29 is 49.8 Å². The molecule has 1 aliphatic heterocycles. The lowest BCUT2D eigenvalue weighted by atomic mass is 9.44. The molecule has 12 N–H and O–H groups in total. The summed E-state index contributed by atoms with van der Waals surface area (Å²) in [6.45, 7) is 8.32. The number of guanidine groups is 1. The number of nitrogens with one attached hydrogen (secondary N) is 2. The van der Waals surface area contributed by atoms with Gasteiger partial charge in [-0.25, -0.2) is 0 Å². The number of benzene rings is 1. The van der Waals surface area contributed by atoms with Crippen LogP contribution in [0.1, 0.15) is 135 Å². The largest absolute Gasteiger partial charge is 0.508 e. The Morgan fingerprint density at radius 1 is 0.947 bits per heavy atom. The lowest BCUT2D eigenvalue weighted by molar-refractivity contribution is -0.190. The van der Waals surface area contributed by atoms with Gasteiger partial charge in [0.25, 0.3) is 0 Å². The monoisotopic (exact) mass is 1050 g/mol. The van der Waals surface area contributed by atoms with E-state index < -0.39 is 69.9 Å². The third-order valence-electron chi connectivity index (χ3n) is 21.2. The average Bonchev–Trinajstić information content (AvgIpc) is 4.17. The van der Waals surface area contributed by atoms with Crippen molar-refractivity contribution in [2.24, 2.45) is 92.4 Å². The van der Waals surface area contributed by atoms with Gasteiger partial charge in [0.1, 0.15) is 5.75 Å². The molecule has 2 aromatic rings. The smallest absolute Gasteiger partial charge is 0.313 e. The van der Waals surface area contributed by atoms with Gasteiger partial charge in [0.15, 0.2) is 17.5 Å². The van der Waals surface area contributed by atoms with E-state index in [9.17, 15) is 40.2 Å². The lowest BCUT2D eigenvalue weighted by Crippen LogP contribution is -2.65. The maximum absolute atomic E-state index is 15.4. The number of aromatic amines is 1. The molecule has 0 amide bonds. The Hall–Kier alpha value is -4.98. The number of rotatable bonds is 11. The van der Waals surface area contributed by atoms with Gasteiger partial charge in [-0.3, -0.25) is 19.4 Å². The molecular formula is C61H83N5O10. The molecule has 5 fully saturated rings. The van der Waals surface area contributed by atoms with E-state index >= 15 is 4.79 Å². The number of H-pyrrole nitrogens is 1. The molecule has 19 unspecified atom stereocenters. The SMILES string of the molecule is CC1CCC2=CCC3C(C)CC(O)C(C)(O)C4C(CC#CC(C5COC(=O)C5c5cc[nH]c5)CC3C2C1)CC1(O)C2=C(NCC(=O)CCc3ccc(O)cc3)C(=O)C3CC(O)C(O)CC3(C)C2CCC41CCN=C(N)N. The first-order valence-electron chi connectivity index (χ1n) is 28.5. The number of ether oxygens (including phenoxy) is 1. The van der Waals surface area contributed by atoms with E-state index in [0.717, 1.165) is 43.2 Å². The number of aromatic hydroxyl groups is 1. The minimum absolute atomic E-state index is 0.0106. The van der Waals surface area contributed by atoms with E-state index in [4.69, 9.17) is 16.2 Å². The Morgan fingerprint density at radius 3 is 2.46 bits per heavy atom. The number of ketones is 2. The van der Waals surface area contributed by atoms with Gasteiger partial charge < -0.3 is 57.1 Å². The van der Waals surface area contributed by atoms with Gasteiger partial charge in [-0.2, -0.15) is 0 Å². The highest BCUT2D eigenvalue weighted by Gasteiger charge is 2.74. The lowest BCUT2D eigenvalue weighted by Gasteiger charge is -2.62. The fraction of sp³-hybridized carbons (Fsp3) is 0.672. The number of aliphatic imine (C=N–C) groups is 1. The van der Waals surface area contributed by atoms with E-state index in [1.807, 2.05) is 25.4 Å². The number of cyclic esters (lactones) is 1. The zero-order chi connectivity index (χ0) is 54.1. The number of carbonyl (C=O) groups excluding carboxylic acids is 3. The van der Waals surface area contributed by atoms with Crippen molar-refractivity contribution in [3.63, 3.8) is 0 Å². The summed E-state index contributed by atoms with van der Waals surface area (Å²) >= 11 is 0. The van der Waals surface area contributed by atoms with Gasteiger partial charge in [-0.15, -0.1) is 5.92 Å². The third-order valence-corrected chi connectivity index (χ3v) is 21.2. The van der Waals surface area contributed by atoms with Gasteiger partial charge in [-0.1, -0.05) is 50.5 Å². The van der Waals surface area contributed by atoms with Gasteiger partial charge >= 0.3 is 5.97 Å². The molecule has 1 saturated heterocycles. The molecule has 7 aliphatic carbocycles. The number of hydrogen-bond acceptors (Lipinski definition) is 12. The van der Waals surface area contributed by atoms with Crippen LogP contribution in [0, 0.1) is 87.8 Å². The number of nitrogens with zero attached hydrogens (tertiary/aromatic N) is 1. The number of fused-ring (bicyclic) bond motifs is 10. The number of Topliss-reactive ketones (excluding diaryl/α,β-unsaturated/α-hetero) is 2. The first-order valence-corrected chi connectivity index (χ1v) is 28.5. The number of phenols is 1. The summed E-state index contributed by atoms with van der Waals surface area (Å²) in [7, 11) is 0. The van der Waals surface area contributed by atoms with Crippen LogP contribution in [0.3, 0.4) is 0 Å². The van der Waals surface area contributed by atoms with Crippen molar-refractivity contribution in [3.05, 3.63) is 76.8 Å². The number of aliphatic hydroxyl groups is 5. The molecule has 4 saturated carbocycles. The molecule has 15 nitrogen and oxygen atoms in total. The summed E-state index contributed by atoms with van der Waals surface area (Å²) in [4.78, 5) is 50.7. The average molecular weight is 1050 g/mol. The first kappa shape index (κ1) is 54.4. The molecule has 8 aliphatic rings. The highest BCUT2D eigenvalue weighted by molar-refractivity contribution is 6.00. The van der Waals surface area contributed by atoms with E-state index in [1.165, 1.54) is 5.57 Å². The molecule has 76 heavy (non-hydrogen) atoms. The van der Waals surface area contributed by atoms with Crippen molar-refractivity contribution in [3.8, 4) is 17.6 Å². The van der Waals surface area contributed by atoms with Gasteiger partial charge in [0, 0.05) is 60.9 Å². The van der Waals surface area contributed by atoms with Crippen LogP contribution in [0.4, 0.5) is 0 Å². The number of allylic oxidation sites excluding steroid dienone is 3. The minimum Gasteiger partial charge on any atom is -0.508 e. The number of phenolic OH excluding ortho intramolecular Hbond substituents is 1. The third kappa shape index (κ3) is 9.53. The normalized spacial score (nSPS) is 42.1. The van der Waals surface area contributed by atoms with Crippen LogP contribution in [-0.4, -0.2) is 108 Å². The number of aliphatic hydroxyl groups excluding tert-OH is 3. The van der Waals surface area contributed by atoms with Crippen molar-refractivity contribution >= 4 is 23.5 Å². The van der Waals surface area contributed by atoms with Gasteiger partial charge in [-0.05, 0) is 172 Å². The quantitative estimate of drug-likeness (QED) is 0.0425. The number of aryl methyl sites for hydroxylation is 1. The zero-order valence-electron chi connectivity index (χ0n) is 44.9. The second-order valence-electron chi connectivity index (χ2n) is 25.5. The molecule has 1 aromatic carbocycles. The number of nitrogens with two attached hydrogens (primary N) is 2. The predicted molar refractivity (Wildman–Crippen MR) is 286 cm³/mol. The summed E-state index contributed by atoms with van der Waals surface area (Å²) in [5, 5.41) is 76.6. The topological polar surface area (TPSA) is 274 Å². The number of aromatic nitrogens is 1. The Bertz CT molecular complexity index is 2670. The molecule has 2 heterocycles. The van der Waals surface area contributed by atoms with Crippen LogP contribution < -0.4 is 16.8 Å². The molecular weight excluding hydrogens is 963 g/mol. The summed E-state index contributed by atoms with van der Waals surface area (Å²) in [5.41, 5.74) is 10.0. The molecule has 19 atom stereocenters. The summed E-state index contributed by atoms with van der Waals surface area (Å²) < 4.78 is 5.93. The second-order valence-corrected chi connectivity index (χ2v) is 25.5. The Labute approximate surface area is 447 Å². The number of hydrogen-bond donors (Lipinski definition) is 10. The Balaban J connectivity index is 1.10. The summed E-state index contributed by atoms with van der Waals surface area (Å²) in [6.07, 6.45) is 9.68. The fourth-order valence-electron chi connectivity index (χ4n) is 17.5. The van der Waals surface area contributed by atoms with Crippen molar-refractivity contribution in [1.82, 2.24) is 10.3 Å². The molecule has 1 aromatic heterocycles. The zero-order valence-corrected chi connectivity index (χ0v) is 44.9. The maximum Gasteiger partial charge on any atom is 0.313 e. The maximum atomic E-state index is 15.4. The van der Waals surface area contributed by atoms with Crippen molar-refractivity contribution in [2.45, 2.75) is 159 Å². The van der Waals surface area contributed by atoms with E-state index in [1.54, 1.807) is 31.2 Å². The fourth-order valence-corrected chi connectivity index (χ4v) is 17.5. The van der Waals surface area contributed by atoms with Gasteiger partial charge in [0.2, 0.25) is 0 Å². The molecule has 412 valence electrons. The molecule has 0 spiro atoms. The number of carbonyl (C=O) groups is 3. The highest BCUT2D eigenvalue weighted by atomic mass is 16.5. The van der Waals surface area contributed by atoms with Crippen LogP contribution >= 0.6 is 0 Å². The van der Waals surface area contributed by atoms with Crippen molar-refractivity contribution in [2.75, 3.05) is 19.7 Å². The predicted octanol–water partition coefficient (Wildman–Crippen LogP) is 5.72. The van der Waals surface area contributed by atoms with Crippen LogP contribution in [0.15, 0.2) is 70.6 Å². The Kier molecular flexibility index (Phi) is 15.0. The first-order chi connectivity index (χ1) is 36.2. The van der Waals surface area contributed by atoms with Crippen LogP contribution in [-0.2, 0) is 25.5 Å². The minimum atomic E-state index is -1.85. The highest BCUT2D eigenvalue weighted by Crippen LogP contribution is 2.72. The molecule has 0 bridgehead atoms. The van der Waals surface area contributed by atoms with E-state index in [2.05, 4.69) is 47.1 Å². The van der Waals surface area contributed by atoms with Crippen LogP contribution in [0.2, 0.25) is 0 Å². The van der Waals surface area contributed by atoms with Crippen molar-refractivity contribution in [1.29, 1.82) is 0 Å². The van der Waals surface area contributed by atoms with E-state index in [0.29, 0.717) is 36.7 Å². The summed E-state index contributed by atoms with van der Waals surface area (Å²) in [5.74, 6) is 4.30. The Morgan fingerprint density at radius 2 is 1.72 bits per heavy atom. The standard InChI is InChI=1S/C61H83N5O10/c1-33-8-12-36-13-17-42-34(2)25-50(71)59(4,74)55-38(7-5-6-37(26-44(42)43(36)24-33)45-32-76-56(73)51(45)39-19-22-64-30-39)28-61(75)52-46(18-20-60(55,61)21-23-65-57(62)63)58(3)29-49(70)48(69)27-47(58)54(72)53(52)66-31-41(68)16-11-35-9-14-40(67)15-10-35/h9-10,13-15,19,22,30,33-34,37-38,42-51,55,64,66-67,69-71,74-75H,7-8,11-12,16-18,20-21,23-29,31-32H2,1-4H3,(H4,62,63,65). The summed E-state index contributed by atoms with van der Waals surface area (Å²) in [6, 6.07) is 8.60. The molecule has 15 heteroatoms. The van der Waals surface area contributed by atoms with E-state index in [-0.39, 0.29) is 129 Å². The second kappa shape index (κ2) is 21.0. The molecule has 10 rings (SSSR count).